The number of nitrogens with zero attached hydrogens (tertiary/aromatic N) is 1. The summed E-state index contributed by atoms with van der Waals surface area (Å²) >= 11 is 0. The molecule has 7 heteroatoms. The number of rotatable bonds is 2. The van der Waals surface area contributed by atoms with E-state index in [2.05, 4.69) is 0 Å². The smallest absolute Gasteiger partial charge is 0.254 e. The second-order valence-electron chi connectivity index (χ2n) is 6.85. The Morgan fingerprint density at radius 3 is 2.74 bits per heavy atom. The predicted octanol–water partition coefficient (Wildman–Crippen LogP) is 3.22. The predicted molar refractivity (Wildman–Crippen MR) is 92.2 cm³/mol. The van der Waals surface area contributed by atoms with Crippen LogP contribution in [-0.4, -0.2) is 42.4 Å². The number of hydrogen-bond acceptors (Lipinski definition) is 4. The summed E-state index contributed by atoms with van der Waals surface area (Å²) in [5.74, 6) is -1.52. The summed E-state index contributed by atoms with van der Waals surface area (Å²) in [5, 5.41) is 0. The zero-order valence-electron chi connectivity index (χ0n) is 14.6. The SMILES string of the molecule is COc1ccc2c(c1)C(=O)CC1(CCN(C(=O)c3ccc(F)c(F)c3)C1)O2. The Hall–Kier alpha value is -2.96. The molecule has 1 unspecified atom stereocenters. The van der Waals surface area contributed by atoms with E-state index in [1.807, 2.05) is 0 Å². The van der Waals surface area contributed by atoms with E-state index >= 15 is 0 Å². The minimum absolute atomic E-state index is 0.0678. The van der Waals surface area contributed by atoms with Gasteiger partial charge in [-0.15, -0.1) is 0 Å². The van der Waals surface area contributed by atoms with Gasteiger partial charge < -0.3 is 14.4 Å². The van der Waals surface area contributed by atoms with Gasteiger partial charge in [0.05, 0.1) is 25.6 Å². The van der Waals surface area contributed by atoms with Crippen LogP contribution in [-0.2, 0) is 0 Å². The monoisotopic (exact) mass is 373 g/mol. The number of carbonyl (C=O) groups is 2. The van der Waals surface area contributed by atoms with Crippen molar-refractivity contribution in [3.8, 4) is 11.5 Å². The molecule has 1 atom stereocenters. The highest BCUT2D eigenvalue weighted by Crippen LogP contribution is 2.40. The molecule has 0 N–H and O–H groups in total. The lowest BCUT2D eigenvalue weighted by molar-refractivity contribution is 0.0427. The first kappa shape index (κ1) is 17.5. The van der Waals surface area contributed by atoms with E-state index in [1.54, 1.807) is 18.2 Å². The van der Waals surface area contributed by atoms with Crippen LogP contribution in [0.3, 0.4) is 0 Å². The maximum absolute atomic E-state index is 13.4. The molecular weight excluding hydrogens is 356 g/mol. The molecule has 4 rings (SSSR count). The number of halogens is 2. The van der Waals surface area contributed by atoms with Crippen molar-refractivity contribution in [2.45, 2.75) is 18.4 Å². The van der Waals surface area contributed by atoms with E-state index in [9.17, 15) is 18.4 Å². The lowest BCUT2D eigenvalue weighted by Crippen LogP contribution is -2.45. The van der Waals surface area contributed by atoms with Gasteiger partial charge in [-0.2, -0.15) is 0 Å². The van der Waals surface area contributed by atoms with Crippen molar-refractivity contribution in [3.63, 3.8) is 0 Å². The van der Waals surface area contributed by atoms with E-state index in [4.69, 9.17) is 9.47 Å². The molecule has 1 amide bonds. The van der Waals surface area contributed by atoms with Crippen molar-refractivity contribution >= 4 is 11.7 Å². The van der Waals surface area contributed by atoms with Crippen molar-refractivity contribution < 1.29 is 27.8 Å². The normalized spacial score (nSPS) is 21.1. The summed E-state index contributed by atoms with van der Waals surface area (Å²) < 4.78 is 37.8. The van der Waals surface area contributed by atoms with Crippen molar-refractivity contribution in [2.75, 3.05) is 20.2 Å². The van der Waals surface area contributed by atoms with Crippen LogP contribution in [0.2, 0.25) is 0 Å². The molecule has 0 aliphatic carbocycles. The molecular formula is C20H17F2NO4. The van der Waals surface area contributed by atoms with E-state index in [0.29, 0.717) is 30.0 Å². The van der Waals surface area contributed by atoms with Crippen molar-refractivity contribution in [3.05, 3.63) is 59.2 Å². The molecule has 2 aromatic rings. The Bertz CT molecular complexity index is 946. The molecule has 2 aliphatic rings. The first-order valence-electron chi connectivity index (χ1n) is 8.55. The minimum atomic E-state index is -1.07. The molecule has 2 heterocycles. The first-order chi connectivity index (χ1) is 12.9. The molecule has 140 valence electrons. The number of ether oxygens (including phenoxy) is 2. The number of likely N-dealkylation sites (tertiary alicyclic amines) is 1. The number of carbonyl (C=O) groups excluding carboxylic acids is 2. The lowest BCUT2D eigenvalue weighted by atomic mass is 9.89. The summed E-state index contributed by atoms with van der Waals surface area (Å²) in [6.45, 7) is 0.582. The van der Waals surface area contributed by atoms with Gasteiger partial charge in [0.2, 0.25) is 0 Å². The third-order valence-electron chi connectivity index (χ3n) is 5.07. The third kappa shape index (κ3) is 3.03. The number of benzene rings is 2. The van der Waals surface area contributed by atoms with E-state index in [-0.39, 0.29) is 24.3 Å². The number of Topliss-reactive ketones (excluding diaryl/α,β-unsaturated/α-hetero) is 1. The van der Waals surface area contributed by atoms with Gasteiger partial charge in [0.25, 0.3) is 5.91 Å². The highest BCUT2D eigenvalue weighted by atomic mass is 19.2. The number of amides is 1. The molecule has 1 spiro atoms. The fourth-order valence-electron chi connectivity index (χ4n) is 3.66. The molecule has 1 saturated heterocycles. The van der Waals surface area contributed by atoms with Crippen LogP contribution < -0.4 is 9.47 Å². The van der Waals surface area contributed by atoms with Crippen LogP contribution in [0.25, 0.3) is 0 Å². The Labute approximate surface area is 154 Å². The molecule has 5 nitrogen and oxygen atoms in total. The highest BCUT2D eigenvalue weighted by molar-refractivity contribution is 6.01. The summed E-state index contributed by atoms with van der Waals surface area (Å²) in [6.07, 6.45) is 0.633. The van der Waals surface area contributed by atoms with Gasteiger partial charge in [0, 0.05) is 18.5 Å². The molecule has 0 aromatic heterocycles. The van der Waals surface area contributed by atoms with Crippen LogP contribution in [0.5, 0.6) is 11.5 Å². The molecule has 2 aromatic carbocycles. The average Bonchev–Trinajstić information content (AvgIpc) is 3.06. The van der Waals surface area contributed by atoms with E-state index in [1.165, 1.54) is 18.1 Å². The Balaban J connectivity index is 1.55. The summed E-state index contributed by atoms with van der Waals surface area (Å²) in [5.41, 5.74) is -0.268. The average molecular weight is 373 g/mol. The summed E-state index contributed by atoms with van der Waals surface area (Å²) in [4.78, 5) is 26.7. The maximum Gasteiger partial charge on any atom is 0.254 e. The van der Waals surface area contributed by atoms with Gasteiger partial charge >= 0.3 is 0 Å². The van der Waals surface area contributed by atoms with Crippen LogP contribution >= 0.6 is 0 Å². The zero-order chi connectivity index (χ0) is 19.2. The molecule has 0 bridgehead atoms. The standard InChI is InChI=1S/C20H17F2NO4/c1-26-13-3-5-18-14(9-13)17(24)10-20(27-18)6-7-23(11-20)19(25)12-2-4-15(21)16(22)8-12/h2-5,8-9H,6-7,10-11H2,1H3. The van der Waals surface area contributed by atoms with E-state index < -0.39 is 23.1 Å². The van der Waals surface area contributed by atoms with Crippen LogP contribution in [0.1, 0.15) is 33.6 Å². The number of methoxy groups -OCH3 is 1. The van der Waals surface area contributed by atoms with E-state index in [0.717, 1.165) is 12.1 Å². The second-order valence-corrected chi connectivity index (χ2v) is 6.85. The van der Waals surface area contributed by atoms with Crippen molar-refractivity contribution in [1.29, 1.82) is 0 Å². The van der Waals surface area contributed by atoms with Gasteiger partial charge in [0.1, 0.15) is 17.1 Å². The van der Waals surface area contributed by atoms with Gasteiger partial charge in [-0.3, -0.25) is 9.59 Å². The van der Waals surface area contributed by atoms with Crippen molar-refractivity contribution in [2.24, 2.45) is 0 Å². The highest BCUT2D eigenvalue weighted by Gasteiger charge is 2.47. The van der Waals surface area contributed by atoms with Gasteiger partial charge in [0.15, 0.2) is 17.4 Å². The first-order valence-corrected chi connectivity index (χ1v) is 8.55. The lowest BCUT2D eigenvalue weighted by Gasteiger charge is -2.34. The van der Waals surface area contributed by atoms with Gasteiger partial charge in [-0.05, 0) is 36.4 Å². The second kappa shape index (κ2) is 6.33. The molecule has 0 saturated carbocycles. The minimum Gasteiger partial charge on any atom is -0.497 e. The van der Waals surface area contributed by atoms with Crippen LogP contribution in [0, 0.1) is 11.6 Å². The third-order valence-corrected chi connectivity index (χ3v) is 5.07. The number of ketones is 1. The molecule has 2 aliphatic heterocycles. The van der Waals surface area contributed by atoms with Gasteiger partial charge in [-0.25, -0.2) is 8.78 Å². The Kier molecular flexibility index (Phi) is 4.09. The number of fused-ring (bicyclic) bond motifs is 1. The summed E-state index contributed by atoms with van der Waals surface area (Å²) in [7, 11) is 1.52. The fraction of sp³-hybridized carbons (Fsp3) is 0.300. The zero-order valence-corrected chi connectivity index (χ0v) is 14.6. The molecule has 27 heavy (non-hydrogen) atoms. The number of hydrogen-bond donors (Lipinski definition) is 0. The Morgan fingerprint density at radius 1 is 1.19 bits per heavy atom. The quantitative estimate of drug-likeness (QED) is 0.811. The maximum atomic E-state index is 13.4. The fourth-order valence-corrected chi connectivity index (χ4v) is 3.66. The largest absolute Gasteiger partial charge is 0.497 e. The van der Waals surface area contributed by atoms with Crippen LogP contribution in [0.15, 0.2) is 36.4 Å². The topological polar surface area (TPSA) is 55.8 Å². The van der Waals surface area contributed by atoms with Crippen molar-refractivity contribution in [1.82, 2.24) is 4.90 Å². The summed E-state index contributed by atoms with van der Waals surface area (Å²) in [6, 6.07) is 8.11. The molecule has 1 fully saturated rings. The van der Waals surface area contributed by atoms with Crippen LogP contribution in [0.4, 0.5) is 8.78 Å². The Morgan fingerprint density at radius 2 is 2.00 bits per heavy atom. The van der Waals surface area contributed by atoms with Gasteiger partial charge in [-0.1, -0.05) is 0 Å². The molecule has 0 radical (unpaired) electrons.